The van der Waals surface area contributed by atoms with Gasteiger partial charge in [-0.05, 0) is 56.9 Å². The Balaban J connectivity index is 1.20. The maximum absolute atomic E-state index is 12.1. The molecular weight excluding hydrogens is 300 g/mol. The molecule has 2 aliphatic carbocycles. The standard InChI is InChI=1S/C20H28N2O2/c1-20(2,3)24-19(23)22-11-16-17(12-22)18(16)21-15-9-14(10-15)13-7-5-4-6-8-13/h4-8,14-18,21H,9-12H2,1-3H3. The molecule has 3 fully saturated rings. The summed E-state index contributed by atoms with van der Waals surface area (Å²) in [5.41, 5.74) is 1.07. The second-order valence-electron chi connectivity index (χ2n) is 8.68. The first kappa shape index (κ1) is 15.9. The fourth-order valence-electron chi connectivity index (χ4n) is 4.27. The lowest BCUT2D eigenvalue weighted by Gasteiger charge is -2.37. The number of benzene rings is 1. The fourth-order valence-corrected chi connectivity index (χ4v) is 4.27. The number of piperidine rings is 1. The lowest BCUT2D eigenvalue weighted by molar-refractivity contribution is 0.0267. The third-order valence-electron chi connectivity index (χ3n) is 5.68. The molecule has 3 aliphatic rings. The van der Waals surface area contributed by atoms with E-state index in [-0.39, 0.29) is 6.09 Å². The van der Waals surface area contributed by atoms with E-state index in [1.54, 1.807) is 0 Å². The van der Waals surface area contributed by atoms with Gasteiger partial charge in [-0.2, -0.15) is 0 Å². The molecule has 2 unspecified atom stereocenters. The molecule has 4 nitrogen and oxygen atoms in total. The largest absolute Gasteiger partial charge is 0.444 e. The molecule has 1 saturated heterocycles. The molecule has 130 valence electrons. The number of hydrogen-bond donors (Lipinski definition) is 1. The van der Waals surface area contributed by atoms with Gasteiger partial charge in [0, 0.05) is 25.2 Å². The van der Waals surface area contributed by atoms with Crippen LogP contribution in [-0.4, -0.2) is 41.8 Å². The van der Waals surface area contributed by atoms with Gasteiger partial charge in [0.25, 0.3) is 0 Å². The van der Waals surface area contributed by atoms with Crippen molar-refractivity contribution in [2.45, 2.75) is 57.2 Å². The first-order valence-electron chi connectivity index (χ1n) is 9.19. The fraction of sp³-hybridized carbons (Fsp3) is 0.650. The number of nitrogens with zero attached hydrogens (tertiary/aromatic N) is 1. The molecule has 4 rings (SSSR count). The lowest BCUT2D eigenvalue weighted by atomic mass is 9.76. The Morgan fingerprint density at radius 2 is 1.75 bits per heavy atom. The summed E-state index contributed by atoms with van der Waals surface area (Å²) in [6, 6.07) is 12.1. The zero-order valence-electron chi connectivity index (χ0n) is 14.9. The van der Waals surface area contributed by atoms with E-state index in [0.29, 0.717) is 23.9 Å². The molecule has 1 aromatic rings. The van der Waals surface area contributed by atoms with E-state index in [2.05, 4.69) is 35.6 Å². The van der Waals surface area contributed by atoms with Crippen LogP contribution in [0, 0.1) is 11.8 Å². The number of likely N-dealkylation sites (tertiary alicyclic amines) is 1. The van der Waals surface area contributed by atoms with E-state index >= 15 is 0 Å². The molecule has 0 aromatic heterocycles. The van der Waals surface area contributed by atoms with E-state index in [1.807, 2.05) is 25.7 Å². The van der Waals surface area contributed by atoms with E-state index in [9.17, 15) is 4.79 Å². The van der Waals surface area contributed by atoms with Crippen LogP contribution < -0.4 is 5.32 Å². The van der Waals surface area contributed by atoms with Crippen LogP contribution in [0.15, 0.2) is 30.3 Å². The summed E-state index contributed by atoms with van der Waals surface area (Å²) < 4.78 is 5.47. The van der Waals surface area contributed by atoms with Gasteiger partial charge in [0.2, 0.25) is 0 Å². The summed E-state index contributed by atoms with van der Waals surface area (Å²) in [6.45, 7) is 7.47. The van der Waals surface area contributed by atoms with Crippen LogP contribution in [0.1, 0.15) is 45.1 Å². The smallest absolute Gasteiger partial charge is 0.410 e. The molecule has 2 saturated carbocycles. The minimum Gasteiger partial charge on any atom is -0.444 e. The van der Waals surface area contributed by atoms with Crippen molar-refractivity contribution in [1.82, 2.24) is 10.2 Å². The number of carbonyl (C=O) groups excluding carboxylic acids is 1. The Morgan fingerprint density at radius 3 is 2.33 bits per heavy atom. The minimum absolute atomic E-state index is 0.152. The molecule has 4 heteroatoms. The molecule has 1 aliphatic heterocycles. The van der Waals surface area contributed by atoms with Crippen molar-refractivity contribution in [1.29, 1.82) is 0 Å². The molecule has 0 radical (unpaired) electrons. The van der Waals surface area contributed by atoms with E-state index in [0.717, 1.165) is 19.0 Å². The van der Waals surface area contributed by atoms with Crippen LogP contribution >= 0.6 is 0 Å². The van der Waals surface area contributed by atoms with Crippen LogP contribution in [0.2, 0.25) is 0 Å². The van der Waals surface area contributed by atoms with Crippen LogP contribution in [-0.2, 0) is 4.74 Å². The number of rotatable bonds is 3. The van der Waals surface area contributed by atoms with E-state index in [4.69, 9.17) is 4.74 Å². The van der Waals surface area contributed by atoms with Crippen molar-refractivity contribution in [2.24, 2.45) is 11.8 Å². The Morgan fingerprint density at radius 1 is 1.12 bits per heavy atom. The maximum atomic E-state index is 12.1. The lowest BCUT2D eigenvalue weighted by Crippen LogP contribution is -2.45. The van der Waals surface area contributed by atoms with Crippen LogP contribution in [0.25, 0.3) is 0 Å². The molecule has 24 heavy (non-hydrogen) atoms. The van der Waals surface area contributed by atoms with Gasteiger partial charge >= 0.3 is 6.09 Å². The van der Waals surface area contributed by atoms with Crippen LogP contribution in [0.4, 0.5) is 4.79 Å². The van der Waals surface area contributed by atoms with E-state index < -0.39 is 5.60 Å². The summed E-state index contributed by atoms with van der Waals surface area (Å²) in [6.07, 6.45) is 2.34. The van der Waals surface area contributed by atoms with Gasteiger partial charge in [-0.3, -0.25) is 0 Å². The van der Waals surface area contributed by atoms with Crippen LogP contribution in [0.3, 0.4) is 0 Å². The summed E-state index contributed by atoms with van der Waals surface area (Å²) in [4.78, 5) is 14.0. The molecule has 0 bridgehead atoms. The average Bonchev–Trinajstić information content (AvgIpc) is 2.91. The van der Waals surface area contributed by atoms with Gasteiger partial charge in [0.1, 0.15) is 5.60 Å². The van der Waals surface area contributed by atoms with Gasteiger partial charge < -0.3 is 15.0 Å². The van der Waals surface area contributed by atoms with Crippen molar-refractivity contribution in [2.75, 3.05) is 13.1 Å². The second kappa shape index (κ2) is 5.76. The third kappa shape index (κ3) is 3.16. The quantitative estimate of drug-likeness (QED) is 0.925. The minimum atomic E-state index is -0.403. The highest BCUT2D eigenvalue weighted by Gasteiger charge is 2.58. The van der Waals surface area contributed by atoms with Crippen LogP contribution in [0.5, 0.6) is 0 Å². The second-order valence-corrected chi connectivity index (χ2v) is 8.68. The number of amides is 1. The Kier molecular flexibility index (Phi) is 3.83. The molecule has 1 heterocycles. The molecule has 2 atom stereocenters. The zero-order chi connectivity index (χ0) is 16.9. The predicted molar refractivity (Wildman–Crippen MR) is 93.9 cm³/mol. The van der Waals surface area contributed by atoms with Gasteiger partial charge in [0.15, 0.2) is 0 Å². The first-order valence-corrected chi connectivity index (χ1v) is 9.19. The molecule has 1 N–H and O–H groups in total. The summed E-state index contributed by atoms with van der Waals surface area (Å²) in [5.74, 6) is 1.99. The van der Waals surface area contributed by atoms with Gasteiger partial charge in [0.05, 0.1) is 0 Å². The highest BCUT2D eigenvalue weighted by molar-refractivity contribution is 5.69. The average molecular weight is 328 g/mol. The Bertz CT molecular complexity index is 592. The van der Waals surface area contributed by atoms with Crippen molar-refractivity contribution >= 4 is 6.09 Å². The number of ether oxygens (including phenoxy) is 1. The Labute approximate surface area is 144 Å². The molecule has 1 amide bonds. The number of hydrogen-bond acceptors (Lipinski definition) is 3. The molecule has 1 aromatic carbocycles. The molecule has 0 spiro atoms. The zero-order valence-corrected chi connectivity index (χ0v) is 14.9. The number of carbonyl (C=O) groups is 1. The van der Waals surface area contributed by atoms with Crippen molar-refractivity contribution in [3.8, 4) is 0 Å². The summed E-state index contributed by atoms with van der Waals surface area (Å²) in [7, 11) is 0. The molecular formula is C20H28N2O2. The van der Waals surface area contributed by atoms with Gasteiger partial charge in [-0.25, -0.2) is 4.79 Å². The SMILES string of the molecule is CC(C)(C)OC(=O)N1CC2C(C1)C2NC1CC(c2ccccc2)C1. The van der Waals surface area contributed by atoms with Gasteiger partial charge in [-0.1, -0.05) is 30.3 Å². The number of fused-ring (bicyclic) bond motifs is 1. The maximum Gasteiger partial charge on any atom is 0.410 e. The summed E-state index contributed by atoms with van der Waals surface area (Å²) >= 11 is 0. The highest BCUT2D eigenvalue weighted by atomic mass is 16.6. The normalized spacial score (nSPS) is 34.5. The third-order valence-corrected chi connectivity index (χ3v) is 5.68. The van der Waals surface area contributed by atoms with Crippen molar-refractivity contribution in [3.05, 3.63) is 35.9 Å². The monoisotopic (exact) mass is 328 g/mol. The highest BCUT2D eigenvalue weighted by Crippen LogP contribution is 2.48. The van der Waals surface area contributed by atoms with Gasteiger partial charge in [-0.15, -0.1) is 0 Å². The van der Waals surface area contributed by atoms with Crippen molar-refractivity contribution < 1.29 is 9.53 Å². The summed E-state index contributed by atoms with van der Waals surface area (Å²) in [5, 5.41) is 3.82. The number of nitrogens with one attached hydrogen (secondary N) is 1. The predicted octanol–water partition coefficient (Wildman–Crippen LogP) is 3.39. The Hall–Kier alpha value is -1.55. The first-order chi connectivity index (χ1) is 11.4. The topological polar surface area (TPSA) is 41.6 Å². The van der Waals surface area contributed by atoms with E-state index in [1.165, 1.54) is 18.4 Å². The van der Waals surface area contributed by atoms with Crippen molar-refractivity contribution in [3.63, 3.8) is 0 Å².